The van der Waals surface area contributed by atoms with Gasteiger partial charge in [-0.1, -0.05) is 30.3 Å². The lowest BCUT2D eigenvalue weighted by atomic mass is 9.96. The van der Waals surface area contributed by atoms with Crippen LogP contribution in [0.25, 0.3) is 10.2 Å². The van der Waals surface area contributed by atoms with Gasteiger partial charge in [-0.25, -0.2) is 9.97 Å². The van der Waals surface area contributed by atoms with Gasteiger partial charge in [-0.05, 0) is 61.1 Å². The Labute approximate surface area is 205 Å². The molecular formula is C28H30N4OS. The van der Waals surface area contributed by atoms with E-state index in [1.165, 1.54) is 51.2 Å². The molecule has 6 heteroatoms. The molecule has 2 aromatic heterocycles. The van der Waals surface area contributed by atoms with Gasteiger partial charge in [0.25, 0.3) is 0 Å². The van der Waals surface area contributed by atoms with Crippen molar-refractivity contribution in [2.24, 2.45) is 0 Å². The van der Waals surface area contributed by atoms with Gasteiger partial charge in [-0.3, -0.25) is 0 Å². The van der Waals surface area contributed by atoms with E-state index in [1.807, 2.05) is 23.5 Å². The molecule has 3 heterocycles. The van der Waals surface area contributed by atoms with Crippen LogP contribution in [0.2, 0.25) is 0 Å². The van der Waals surface area contributed by atoms with Gasteiger partial charge in [0.15, 0.2) is 0 Å². The fourth-order valence-electron chi connectivity index (χ4n) is 5.24. The van der Waals surface area contributed by atoms with Gasteiger partial charge in [0.2, 0.25) is 0 Å². The molecule has 1 fully saturated rings. The first-order chi connectivity index (χ1) is 16.8. The van der Waals surface area contributed by atoms with Crippen molar-refractivity contribution in [3.63, 3.8) is 0 Å². The van der Waals surface area contributed by atoms with Crippen molar-refractivity contribution in [1.29, 1.82) is 0 Å². The molecule has 0 amide bonds. The van der Waals surface area contributed by atoms with Crippen molar-refractivity contribution >= 4 is 33.1 Å². The lowest BCUT2D eigenvalue weighted by Gasteiger charge is -2.37. The van der Waals surface area contributed by atoms with Gasteiger partial charge < -0.3 is 14.5 Å². The third-order valence-electron chi connectivity index (χ3n) is 7.06. The fraction of sp³-hybridized carbons (Fsp3) is 0.357. The summed E-state index contributed by atoms with van der Waals surface area (Å²) in [5.74, 6) is 2.99. The number of hydrogen-bond donors (Lipinski definition) is 0. The minimum Gasteiger partial charge on any atom is -0.497 e. The second-order valence-electron chi connectivity index (χ2n) is 9.19. The molecule has 2 aromatic carbocycles. The molecule has 2 aliphatic rings. The van der Waals surface area contributed by atoms with E-state index in [1.54, 1.807) is 7.11 Å². The molecule has 0 spiro atoms. The molecule has 6 rings (SSSR count). The number of fused-ring (bicyclic) bond motifs is 3. The monoisotopic (exact) mass is 470 g/mol. The van der Waals surface area contributed by atoms with Gasteiger partial charge in [-0.15, -0.1) is 11.3 Å². The van der Waals surface area contributed by atoms with Gasteiger partial charge in [0.1, 0.15) is 22.2 Å². The Balaban J connectivity index is 1.31. The molecule has 0 saturated carbocycles. The van der Waals surface area contributed by atoms with E-state index in [9.17, 15) is 0 Å². The lowest BCUT2D eigenvalue weighted by Crippen LogP contribution is -2.47. The summed E-state index contributed by atoms with van der Waals surface area (Å²) in [7, 11) is 1.71. The first kappa shape index (κ1) is 21.4. The summed E-state index contributed by atoms with van der Waals surface area (Å²) in [5, 5.41) is 1.33. The summed E-state index contributed by atoms with van der Waals surface area (Å²) in [5.41, 5.74) is 4.04. The molecule has 34 heavy (non-hydrogen) atoms. The standard InChI is InChI=1S/C28H30N4OS/c1-33-22-13-11-21(12-14-22)31-15-17-32(18-16-31)27-26-23-9-5-6-10-24(23)34-28(26)30-25(29-27)19-20-7-3-2-4-8-20/h2-4,7-8,11-14H,5-6,9-10,15-19H2,1H3. The molecule has 0 radical (unpaired) electrons. The van der Waals surface area contributed by atoms with Crippen LogP contribution in [0, 0.1) is 0 Å². The summed E-state index contributed by atoms with van der Waals surface area (Å²) in [4.78, 5) is 17.9. The molecule has 0 unspecified atom stereocenters. The minimum absolute atomic E-state index is 0.776. The molecule has 174 valence electrons. The number of thiophene rings is 1. The number of hydrogen-bond acceptors (Lipinski definition) is 6. The van der Waals surface area contributed by atoms with Crippen molar-refractivity contribution < 1.29 is 4.74 Å². The van der Waals surface area contributed by atoms with E-state index in [2.05, 4.69) is 52.3 Å². The first-order valence-electron chi connectivity index (χ1n) is 12.3. The number of methoxy groups -OCH3 is 1. The highest BCUT2D eigenvalue weighted by molar-refractivity contribution is 7.19. The summed E-state index contributed by atoms with van der Waals surface area (Å²) in [6, 6.07) is 19.0. The number of benzene rings is 2. The molecule has 1 saturated heterocycles. The maximum atomic E-state index is 5.32. The summed E-state index contributed by atoms with van der Waals surface area (Å²) < 4.78 is 5.32. The van der Waals surface area contributed by atoms with Crippen LogP contribution in [0.1, 0.15) is 34.7 Å². The molecule has 0 atom stereocenters. The number of piperazine rings is 1. The highest BCUT2D eigenvalue weighted by Gasteiger charge is 2.26. The van der Waals surface area contributed by atoms with Crippen LogP contribution in [0.5, 0.6) is 5.75 Å². The van der Waals surface area contributed by atoms with Gasteiger partial charge in [0.05, 0.1) is 12.5 Å². The Morgan fingerprint density at radius 3 is 2.35 bits per heavy atom. The Kier molecular flexibility index (Phi) is 5.83. The quantitative estimate of drug-likeness (QED) is 0.385. The number of rotatable bonds is 5. The average molecular weight is 471 g/mol. The SMILES string of the molecule is COc1ccc(N2CCN(c3nc(Cc4ccccc4)nc4sc5c(c34)CCCC5)CC2)cc1. The minimum atomic E-state index is 0.776. The highest BCUT2D eigenvalue weighted by atomic mass is 32.1. The van der Waals surface area contributed by atoms with Crippen molar-refractivity contribution in [2.75, 3.05) is 43.1 Å². The summed E-state index contributed by atoms with van der Waals surface area (Å²) in [6.45, 7) is 3.90. The zero-order chi connectivity index (χ0) is 22.9. The third-order valence-corrected chi connectivity index (χ3v) is 8.25. The van der Waals surface area contributed by atoms with Gasteiger partial charge in [-0.2, -0.15) is 0 Å². The van der Waals surface area contributed by atoms with Gasteiger partial charge >= 0.3 is 0 Å². The van der Waals surface area contributed by atoms with E-state index < -0.39 is 0 Å². The fourth-order valence-corrected chi connectivity index (χ4v) is 6.51. The molecular weight excluding hydrogens is 440 g/mol. The number of ether oxygens (including phenoxy) is 1. The van der Waals surface area contributed by atoms with Crippen LogP contribution in [-0.4, -0.2) is 43.3 Å². The summed E-state index contributed by atoms with van der Waals surface area (Å²) >= 11 is 1.90. The second-order valence-corrected chi connectivity index (χ2v) is 10.3. The Morgan fingerprint density at radius 1 is 0.853 bits per heavy atom. The number of aryl methyl sites for hydroxylation is 2. The largest absolute Gasteiger partial charge is 0.497 e. The zero-order valence-electron chi connectivity index (χ0n) is 19.7. The third kappa shape index (κ3) is 4.11. The Hall–Kier alpha value is -3.12. The van der Waals surface area contributed by atoms with Crippen LogP contribution in [0.15, 0.2) is 54.6 Å². The predicted octanol–water partition coefficient (Wildman–Crippen LogP) is 5.50. The number of nitrogens with zero attached hydrogens (tertiary/aromatic N) is 4. The molecule has 0 bridgehead atoms. The van der Waals surface area contributed by atoms with Crippen LogP contribution in [-0.2, 0) is 19.3 Å². The first-order valence-corrected chi connectivity index (χ1v) is 13.1. The molecule has 0 N–H and O–H groups in total. The van der Waals surface area contributed by atoms with E-state index in [0.717, 1.165) is 56.4 Å². The topological polar surface area (TPSA) is 41.5 Å². The molecule has 5 nitrogen and oxygen atoms in total. The van der Waals surface area contributed by atoms with Crippen molar-refractivity contribution in [2.45, 2.75) is 32.1 Å². The smallest absolute Gasteiger partial charge is 0.141 e. The molecule has 4 aromatic rings. The van der Waals surface area contributed by atoms with Crippen LogP contribution in [0.3, 0.4) is 0 Å². The van der Waals surface area contributed by atoms with Crippen LogP contribution < -0.4 is 14.5 Å². The second kappa shape index (κ2) is 9.26. The number of anilines is 2. The van der Waals surface area contributed by atoms with E-state index in [-0.39, 0.29) is 0 Å². The van der Waals surface area contributed by atoms with E-state index >= 15 is 0 Å². The van der Waals surface area contributed by atoms with Crippen LogP contribution in [0.4, 0.5) is 11.5 Å². The van der Waals surface area contributed by atoms with E-state index in [4.69, 9.17) is 14.7 Å². The average Bonchev–Trinajstić information content (AvgIpc) is 3.27. The van der Waals surface area contributed by atoms with Crippen molar-refractivity contribution in [3.8, 4) is 5.75 Å². The lowest BCUT2D eigenvalue weighted by molar-refractivity contribution is 0.415. The van der Waals surface area contributed by atoms with Crippen molar-refractivity contribution in [3.05, 3.63) is 76.4 Å². The Morgan fingerprint density at radius 2 is 1.59 bits per heavy atom. The normalized spacial score (nSPS) is 16.0. The predicted molar refractivity (Wildman–Crippen MR) is 141 cm³/mol. The van der Waals surface area contributed by atoms with Crippen molar-refractivity contribution in [1.82, 2.24) is 9.97 Å². The summed E-state index contributed by atoms with van der Waals surface area (Å²) in [6.07, 6.45) is 5.69. The number of aromatic nitrogens is 2. The van der Waals surface area contributed by atoms with Gasteiger partial charge in [0, 0.05) is 43.2 Å². The Bertz CT molecular complexity index is 1280. The highest BCUT2D eigenvalue weighted by Crippen LogP contribution is 2.40. The maximum absolute atomic E-state index is 5.32. The van der Waals surface area contributed by atoms with E-state index in [0.29, 0.717) is 0 Å². The zero-order valence-corrected chi connectivity index (χ0v) is 20.5. The molecule has 1 aliphatic carbocycles. The van der Waals surface area contributed by atoms with Crippen LogP contribution >= 0.6 is 11.3 Å². The maximum Gasteiger partial charge on any atom is 0.141 e. The molecule has 1 aliphatic heterocycles.